The highest BCUT2D eigenvalue weighted by Gasteiger charge is 2.55. The molecule has 0 amide bonds. The van der Waals surface area contributed by atoms with Crippen LogP contribution in [-0.2, 0) is 10.3 Å². The van der Waals surface area contributed by atoms with Crippen molar-refractivity contribution in [2.75, 3.05) is 7.11 Å². The molecule has 116 valence electrons. The molecule has 2 atom stereocenters. The van der Waals surface area contributed by atoms with E-state index in [1.807, 2.05) is 45.0 Å². The number of methoxy groups -OCH3 is 1. The average molecular weight is 300 g/mol. The van der Waals surface area contributed by atoms with E-state index in [0.717, 1.165) is 11.1 Å². The van der Waals surface area contributed by atoms with Gasteiger partial charge in [-0.3, -0.25) is 0 Å². The number of carbonyl (C=O) groups is 1. The standard InChI is InChI=1S/C17H20N2O3/c1-16(2)14(19-10-18-9-13(19)15(20)22-4)11-7-5-6-8-12(11)17(16,3)21/h5-10,14,21H,1-4H3. The Hall–Kier alpha value is -2.14. The van der Waals surface area contributed by atoms with E-state index in [1.165, 1.54) is 13.3 Å². The molecule has 0 saturated carbocycles. The second-order valence-corrected chi connectivity index (χ2v) is 6.46. The Morgan fingerprint density at radius 1 is 1.32 bits per heavy atom. The number of hydrogen-bond acceptors (Lipinski definition) is 4. The summed E-state index contributed by atoms with van der Waals surface area (Å²) in [7, 11) is 1.35. The van der Waals surface area contributed by atoms with Gasteiger partial charge in [-0.2, -0.15) is 0 Å². The van der Waals surface area contributed by atoms with Gasteiger partial charge in [-0.25, -0.2) is 9.78 Å². The van der Waals surface area contributed by atoms with Gasteiger partial charge in [0.25, 0.3) is 0 Å². The summed E-state index contributed by atoms with van der Waals surface area (Å²) in [6.07, 6.45) is 3.12. The average Bonchev–Trinajstić information content (AvgIpc) is 3.00. The molecule has 5 heteroatoms. The molecule has 1 aliphatic carbocycles. The number of ether oxygens (including phenoxy) is 1. The Morgan fingerprint density at radius 3 is 2.68 bits per heavy atom. The van der Waals surface area contributed by atoms with Crippen molar-refractivity contribution in [3.63, 3.8) is 0 Å². The SMILES string of the molecule is COC(=O)c1cncn1C1c2ccccc2C(C)(O)C1(C)C. The lowest BCUT2D eigenvalue weighted by molar-refractivity contribution is -0.0592. The smallest absolute Gasteiger partial charge is 0.356 e. The summed E-state index contributed by atoms with van der Waals surface area (Å²) in [6.45, 7) is 5.82. The van der Waals surface area contributed by atoms with Crippen LogP contribution in [0.5, 0.6) is 0 Å². The van der Waals surface area contributed by atoms with Crippen LogP contribution in [0.25, 0.3) is 0 Å². The summed E-state index contributed by atoms with van der Waals surface area (Å²) >= 11 is 0. The Kier molecular flexibility index (Phi) is 3.14. The van der Waals surface area contributed by atoms with Gasteiger partial charge in [0.15, 0.2) is 0 Å². The summed E-state index contributed by atoms with van der Waals surface area (Å²) in [5, 5.41) is 11.1. The molecule has 1 aromatic carbocycles. The van der Waals surface area contributed by atoms with Crippen molar-refractivity contribution in [1.29, 1.82) is 0 Å². The van der Waals surface area contributed by atoms with Crippen LogP contribution < -0.4 is 0 Å². The summed E-state index contributed by atoms with van der Waals surface area (Å²) in [5.74, 6) is -0.433. The monoisotopic (exact) mass is 300 g/mol. The van der Waals surface area contributed by atoms with Gasteiger partial charge in [0.05, 0.1) is 31.3 Å². The fourth-order valence-electron chi connectivity index (χ4n) is 3.45. The molecule has 0 radical (unpaired) electrons. The molecule has 5 nitrogen and oxygen atoms in total. The molecule has 2 aromatic rings. The molecule has 2 unspecified atom stereocenters. The minimum Gasteiger partial charge on any atom is -0.464 e. The van der Waals surface area contributed by atoms with Crippen LogP contribution in [-0.4, -0.2) is 27.7 Å². The maximum absolute atomic E-state index is 12.0. The van der Waals surface area contributed by atoms with Crippen LogP contribution in [0.15, 0.2) is 36.8 Å². The van der Waals surface area contributed by atoms with Crippen LogP contribution in [0.1, 0.15) is 48.4 Å². The van der Waals surface area contributed by atoms with Crippen LogP contribution in [0.2, 0.25) is 0 Å². The zero-order valence-corrected chi connectivity index (χ0v) is 13.2. The topological polar surface area (TPSA) is 64.3 Å². The number of nitrogens with zero attached hydrogens (tertiary/aromatic N) is 2. The van der Waals surface area contributed by atoms with E-state index < -0.39 is 17.0 Å². The van der Waals surface area contributed by atoms with Gasteiger partial charge in [-0.05, 0) is 18.1 Å². The van der Waals surface area contributed by atoms with Crippen molar-refractivity contribution in [3.8, 4) is 0 Å². The summed E-state index contributed by atoms with van der Waals surface area (Å²) in [6, 6.07) is 7.59. The lowest BCUT2D eigenvalue weighted by atomic mass is 9.74. The molecule has 1 aliphatic rings. The van der Waals surface area contributed by atoms with Gasteiger partial charge in [-0.1, -0.05) is 38.1 Å². The van der Waals surface area contributed by atoms with Crippen LogP contribution in [0, 0.1) is 5.41 Å². The maximum Gasteiger partial charge on any atom is 0.356 e. The van der Waals surface area contributed by atoms with E-state index >= 15 is 0 Å². The van der Waals surface area contributed by atoms with E-state index in [1.54, 1.807) is 10.9 Å². The Balaban J connectivity index is 2.24. The second-order valence-electron chi connectivity index (χ2n) is 6.46. The number of aliphatic hydroxyl groups is 1. The van der Waals surface area contributed by atoms with Crippen molar-refractivity contribution in [2.45, 2.75) is 32.4 Å². The van der Waals surface area contributed by atoms with E-state index in [2.05, 4.69) is 4.98 Å². The highest BCUT2D eigenvalue weighted by atomic mass is 16.5. The summed E-state index contributed by atoms with van der Waals surface area (Å²) in [5.41, 5.74) is 0.745. The van der Waals surface area contributed by atoms with E-state index in [0.29, 0.717) is 5.69 Å². The summed E-state index contributed by atoms with van der Waals surface area (Å²) in [4.78, 5) is 16.1. The first-order chi connectivity index (χ1) is 10.3. The molecule has 3 rings (SSSR count). The minimum atomic E-state index is -1.01. The molecule has 0 bridgehead atoms. The summed E-state index contributed by atoms with van der Waals surface area (Å²) < 4.78 is 6.64. The van der Waals surface area contributed by atoms with E-state index in [9.17, 15) is 9.90 Å². The Morgan fingerprint density at radius 2 is 2.00 bits per heavy atom. The van der Waals surface area contributed by atoms with Gasteiger partial charge in [-0.15, -0.1) is 0 Å². The molecular formula is C17H20N2O3. The normalized spacial score (nSPS) is 25.8. The fourth-order valence-corrected chi connectivity index (χ4v) is 3.45. The molecule has 1 heterocycles. The van der Waals surface area contributed by atoms with E-state index in [-0.39, 0.29) is 6.04 Å². The largest absolute Gasteiger partial charge is 0.464 e. The molecule has 1 aromatic heterocycles. The number of rotatable bonds is 2. The second kappa shape index (κ2) is 4.68. The van der Waals surface area contributed by atoms with Gasteiger partial charge in [0, 0.05) is 5.41 Å². The molecule has 0 saturated heterocycles. The number of carbonyl (C=O) groups excluding carboxylic acids is 1. The van der Waals surface area contributed by atoms with Crippen molar-refractivity contribution < 1.29 is 14.6 Å². The Labute approximate surface area is 129 Å². The van der Waals surface area contributed by atoms with Gasteiger partial charge >= 0.3 is 5.97 Å². The highest BCUT2D eigenvalue weighted by molar-refractivity contribution is 5.87. The quantitative estimate of drug-likeness (QED) is 0.866. The first kappa shape index (κ1) is 14.8. The number of benzene rings is 1. The molecule has 0 spiro atoms. The minimum absolute atomic E-state index is 0.199. The fraction of sp³-hybridized carbons (Fsp3) is 0.412. The van der Waals surface area contributed by atoms with Crippen LogP contribution >= 0.6 is 0 Å². The van der Waals surface area contributed by atoms with Crippen LogP contribution in [0.3, 0.4) is 0 Å². The third-order valence-corrected chi connectivity index (χ3v) is 5.06. The molecule has 22 heavy (non-hydrogen) atoms. The third-order valence-electron chi connectivity index (χ3n) is 5.06. The van der Waals surface area contributed by atoms with Crippen LogP contribution in [0.4, 0.5) is 0 Å². The number of imidazole rings is 1. The lowest BCUT2D eigenvalue weighted by Gasteiger charge is -2.38. The zero-order chi connectivity index (χ0) is 16.1. The number of aromatic nitrogens is 2. The van der Waals surface area contributed by atoms with Crippen molar-refractivity contribution >= 4 is 5.97 Å². The van der Waals surface area contributed by atoms with Gasteiger partial charge < -0.3 is 14.4 Å². The molecule has 1 N–H and O–H groups in total. The predicted molar refractivity (Wildman–Crippen MR) is 81.5 cm³/mol. The van der Waals surface area contributed by atoms with Crippen molar-refractivity contribution in [1.82, 2.24) is 9.55 Å². The van der Waals surface area contributed by atoms with Gasteiger partial charge in [0.1, 0.15) is 5.69 Å². The van der Waals surface area contributed by atoms with Crippen molar-refractivity contribution in [2.24, 2.45) is 5.41 Å². The first-order valence-corrected chi connectivity index (χ1v) is 7.24. The molecule has 0 aliphatic heterocycles. The van der Waals surface area contributed by atoms with Gasteiger partial charge in [0.2, 0.25) is 0 Å². The first-order valence-electron chi connectivity index (χ1n) is 7.24. The maximum atomic E-state index is 12.0. The predicted octanol–water partition coefficient (Wildman–Crippen LogP) is 2.51. The Bertz CT molecular complexity index is 731. The van der Waals surface area contributed by atoms with Crippen molar-refractivity contribution in [3.05, 3.63) is 53.6 Å². The third kappa shape index (κ3) is 1.75. The number of hydrogen-bond donors (Lipinski definition) is 1. The molecule has 0 fully saturated rings. The highest BCUT2D eigenvalue weighted by Crippen LogP contribution is 2.57. The number of fused-ring (bicyclic) bond motifs is 1. The zero-order valence-electron chi connectivity index (χ0n) is 13.2. The molecular weight excluding hydrogens is 280 g/mol. The number of esters is 1. The lowest BCUT2D eigenvalue weighted by Crippen LogP contribution is -2.39. The van der Waals surface area contributed by atoms with E-state index in [4.69, 9.17) is 4.74 Å².